The average Bonchev–Trinajstić information content (AvgIpc) is 2.95. The predicted octanol–water partition coefficient (Wildman–Crippen LogP) is 3.35. The van der Waals surface area contributed by atoms with Crippen LogP contribution in [-0.2, 0) is 0 Å². The molecule has 0 aromatic heterocycles. The molecule has 2 saturated heterocycles. The highest BCUT2D eigenvalue weighted by molar-refractivity contribution is 6.43. The summed E-state index contributed by atoms with van der Waals surface area (Å²) in [6.07, 6.45) is 3.12. The normalized spacial score (nSPS) is 23.2. The van der Waals surface area contributed by atoms with Gasteiger partial charge in [-0.3, -0.25) is 9.69 Å². The largest absolute Gasteiger partial charge is 0.300 e. The van der Waals surface area contributed by atoms with Crippen molar-refractivity contribution in [2.24, 2.45) is 0 Å². The molecule has 0 aliphatic carbocycles. The summed E-state index contributed by atoms with van der Waals surface area (Å²) in [4.78, 5) is 17.3. The highest BCUT2D eigenvalue weighted by atomic mass is 35.5. The van der Waals surface area contributed by atoms with Crippen LogP contribution >= 0.6 is 23.2 Å². The van der Waals surface area contributed by atoms with Gasteiger partial charge in [-0.05, 0) is 31.5 Å². The third-order valence-corrected chi connectivity index (χ3v) is 5.40. The van der Waals surface area contributed by atoms with Gasteiger partial charge in [-0.1, -0.05) is 29.3 Å². The average molecular weight is 327 g/mol. The van der Waals surface area contributed by atoms with Crippen LogP contribution in [0, 0.1) is 0 Å². The van der Waals surface area contributed by atoms with E-state index in [2.05, 4.69) is 9.80 Å². The number of carbonyl (C=O) groups is 1. The molecule has 1 atom stereocenters. The monoisotopic (exact) mass is 326 g/mol. The number of hydrogen-bond donors (Lipinski definition) is 0. The molecule has 0 bridgehead atoms. The minimum Gasteiger partial charge on any atom is -0.300 e. The standard InChI is InChI=1S/C16H20Cl2N2O/c17-14-5-1-4-13(16(14)18)15(21)6-8-19-9-10-20-7-2-3-12(20)11-19/h1,4-5,12H,2-3,6-11H2. The molecule has 0 N–H and O–H groups in total. The number of hydrogen-bond acceptors (Lipinski definition) is 3. The number of piperazine rings is 1. The maximum atomic E-state index is 12.3. The summed E-state index contributed by atoms with van der Waals surface area (Å²) in [6, 6.07) is 5.94. The van der Waals surface area contributed by atoms with Crippen molar-refractivity contribution in [3.63, 3.8) is 0 Å². The van der Waals surface area contributed by atoms with Crippen molar-refractivity contribution in [3.8, 4) is 0 Å². The van der Waals surface area contributed by atoms with Gasteiger partial charge in [0.2, 0.25) is 0 Å². The smallest absolute Gasteiger partial charge is 0.165 e. The molecule has 3 nitrogen and oxygen atoms in total. The summed E-state index contributed by atoms with van der Waals surface area (Å²) < 4.78 is 0. The van der Waals surface area contributed by atoms with Gasteiger partial charge in [-0.2, -0.15) is 0 Å². The minimum absolute atomic E-state index is 0.0800. The Bertz CT molecular complexity index is 535. The number of Topliss-reactive ketones (excluding diaryl/α,β-unsaturated/α-hetero) is 1. The lowest BCUT2D eigenvalue weighted by Crippen LogP contribution is -2.50. The maximum absolute atomic E-state index is 12.3. The minimum atomic E-state index is 0.0800. The first-order valence-electron chi connectivity index (χ1n) is 7.59. The van der Waals surface area contributed by atoms with Crippen LogP contribution in [0.2, 0.25) is 10.0 Å². The van der Waals surface area contributed by atoms with Crippen LogP contribution in [-0.4, -0.2) is 54.3 Å². The van der Waals surface area contributed by atoms with E-state index in [0.717, 1.165) is 26.2 Å². The number of nitrogens with zero attached hydrogens (tertiary/aromatic N) is 2. The molecule has 1 aromatic rings. The lowest BCUT2D eigenvalue weighted by Gasteiger charge is -2.37. The van der Waals surface area contributed by atoms with Gasteiger partial charge in [0.25, 0.3) is 0 Å². The lowest BCUT2D eigenvalue weighted by molar-refractivity contribution is 0.0871. The third kappa shape index (κ3) is 3.42. The van der Waals surface area contributed by atoms with Crippen molar-refractivity contribution in [2.45, 2.75) is 25.3 Å². The zero-order chi connectivity index (χ0) is 14.8. The first kappa shape index (κ1) is 15.3. The zero-order valence-corrected chi connectivity index (χ0v) is 13.5. The molecule has 0 saturated carbocycles. The second kappa shape index (κ2) is 6.66. The fourth-order valence-corrected chi connectivity index (χ4v) is 3.78. The summed E-state index contributed by atoms with van der Waals surface area (Å²) in [5.41, 5.74) is 0.545. The van der Waals surface area contributed by atoms with E-state index in [-0.39, 0.29) is 5.78 Å². The molecule has 2 aliphatic rings. The highest BCUT2D eigenvalue weighted by Gasteiger charge is 2.30. The van der Waals surface area contributed by atoms with E-state index in [1.54, 1.807) is 18.2 Å². The van der Waals surface area contributed by atoms with Crippen molar-refractivity contribution < 1.29 is 4.79 Å². The Hall–Kier alpha value is -0.610. The number of ketones is 1. The molecule has 5 heteroatoms. The number of halogens is 2. The first-order chi connectivity index (χ1) is 10.1. The Kier molecular flexibility index (Phi) is 4.85. The van der Waals surface area contributed by atoms with E-state index in [0.29, 0.717) is 28.1 Å². The first-order valence-corrected chi connectivity index (χ1v) is 8.34. The molecule has 1 aromatic carbocycles. The van der Waals surface area contributed by atoms with Crippen LogP contribution in [0.5, 0.6) is 0 Å². The van der Waals surface area contributed by atoms with E-state index in [9.17, 15) is 4.79 Å². The fourth-order valence-electron chi connectivity index (χ4n) is 3.37. The van der Waals surface area contributed by atoms with E-state index in [1.165, 1.54) is 19.4 Å². The molecule has 0 radical (unpaired) electrons. The Morgan fingerprint density at radius 2 is 2.10 bits per heavy atom. The van der Waals surface area contributed by atoms with Gasteiger partial charge in [0.05, 0.1) is 10.0 Å². The van der Waals surface area contributed by atoms with Crippen molar-refractivity contribution >= 4 is 29.0 Å². The van der Waals surface area contributed by atoms with Gasteiger partial charge in [-0.15, -0.1) is 0 Å². The lowest BCUT2D eigenvalue weighted by atomic mass is 10.1. The Labute approximate surface area is 135 Å². The Morgan fingerprint density at radius 3 is 2.95 bits per heavy atom. The van der Waals surface area contributed by atoms with Gasteiger partial charge < -0.3 is 4.90 Å². The number of rotatable bonds is 4. The van der Waals surface area contributed by atoms with Crippen LogP contribution in [0.15, 0.2) is 18.2 Å². The Balaban J connectivity index is 1.55. The van der Waals surface area contributed by atoms with Gasteiger partial charge in [0, 0.05) is 44.2 Å². The van der Waals surface area contributed by atoms with Crippen LogP contribution in [0.1, 0.15) is 29.6 Å². The molecule has 114 valence electrons. The molecule has 2 aliphatic heterocycles. The van der Waals surface area contributed by atoms with Gasteiger partial charge in [0.1, 0.15) is 0 Å². The second-order valence-corrected chi connectivity index (χ2v) is 6.69. The number of fused-ring (bicyclic) bond motifs is 1. The van der Waals surface area contributed by atoms with E-state index in [1.807, 2.05) is 0 Å². The molecular weight excluding hydrogens is 307 g/mol. The molecule has 3 rings (SSSR count). The van der Waals surface area contributed by atoms with Crippen molar-refractivity contribution in [1.29, 1.82) is 0 Å². The van der Waals surface area contributed by atoms with Crippen molar-refractivity contribution in [3.05, 3.63) is 33.8 Å². The fraction of sp³-hybridized carbons (Fsp3) is 0.562. The van der Waals surface area contributed by atoms with Crippen LogP contribution in [0.4, 0.5) is 0 Å². The van der Waals surface area contributed by atoms with Crippen LogP contribution in [0.3, 0.4) is 0 Å². The molecular formula is C16H20Cl2N2O. The third-order valence-electron chi connectivity index (χ3n) is 4.58. The quantitative estimate of drug-likeness (QED) is 0.793. The van der Waals surface area contributed by atoms with Gasteiger partial charge in [0.15, 0.2) is 5.78 Å². The zero-order valence-electron chi connectivity index (χ0n) is 12.0. The molecule has 2 fully saturated rings. The van der Waals surface area contributed by atoms with Gasteiger partial charge in [-0.25, -0.2) is 0 Å². The van der Waals surface area contributed by atoms with E-state index >= 15 is 0 Å². The second-order valence-electron chi connectivity index (χ2n) is 5.91. The van der Waals surface area contributed by atoms with Crippen LogP contribution < -0.4 is 0 Å². The van der Waals surface area contributed by atoms with Crippen molar-refractivity contribution in [1.82, 2.24) is 9.80 Å². The number of carbonyl (C=O) groups excluding carboxylic acids is 1. The topological polar surface area (TPSA) is 23.6 Å². The summed E-state index contributed by atoms with van der Waals surface area (Å²) in [5.74, 6) is 0.0800. The predicted molar refractivity (Wildman–Crippen MR) is 86.4 cm³/mol. The van der Waals surface area contributed by atoms with E-state index < -0.39 is 0 Å². The van der Waals surface area contributed by atoms with Crippen molar-refractivity contribution in [2.75, 3.05) is 32.7 Å². The molecule has 21 heavy (non-hydrogen) atoms. The highest BCUT2D eigenvalue weighted by Crippen LogP contribution is 2.27. The molecule has 0 amide bonds. The summed E-state index contributed by atoms with van der Waals surface area (Å²) in [7, 11) is 0. The molecule has 2 heterocycles. The van der Waals surface area contributed by atoms with E-state index in [4.69, 9.17) is 23.2 Å². The maximum Gasteiger partial charge on any atom is 0.165 e. The number of benzene rings is 1. The summed E-state index contributed by atoms with van der Waals surface area (Å²) in [5, 5.41) is 0.826. The van der Waals surface area contributed by atoms with Gasteiger partial charge >= 0.3 is 0 Å². The summed E-state index contributed by atoms with van der Waals surface area (Å²) >= 11 is 12.1. The molecule has 1 unspecified atom stereocenters. The summed E-state index contributed by atoms with van der Waals surface area (Å²) in [6.45, 7) is 5.35. The van der Waals surface area contributed by atoms with Crippen LogP contribution in [0.25, 0.3) is 0 Å². The Morgan fingerprint density at radius 1 is 1.24 bits per heavy atom. The molecule has 0 spiro atoms. The SMILES string of the molecule is O=C(CCN1CCN2CCCC2C1)c1cccc(Cl)c1Cl.